The first-order valence-electron chi connectivity index (χ1n) is 8.96. The number of rotatable bonds is 7. The maximum atomic E-state index is 12.1. The van der Waals surface area contributed by atoms with Crippen LogP contribution in [0.25, 0.3) is 0 Å². The van der Waals surface area contributed by atoms with Crippen molar-refractivity contribution in [1.82, 2.24) is 10.9 Å². The summed E-state index contributed by atoms with van der Waals surface area (Å²) in [7, 11) is 3.80. The molecular weight excluding hydrogens is 342 g/mol. The molecule has 2 aromatic rings. The molecule has 0 saturated heterocycles. The first kappa shape index (κ1) is 20.3. The zero-order chi connectivity index (χ0) is 19.8. The third kappa shape index (κ3) is 6.33. The van der Waals surface area contributed by atoms with E-state index in [2.05, 4.69) is 24.7 Å². The van der Waals surface area contributed by atoms with Gasteiger partial charge in [0.05, 0.1) is 13.0 Å². The smallest absolute Gasteiger partial charge is 0.269 e. The van der Waals surface area contributed by atoms with Crippen LogP contribution < -0.4 is 20.5 Å². The molecular formula is C21H27N3O3. The molecule has 0 aliphatic heterocycles. The molecule has 0 radical (unpaired) electrons. The Morgan fingerprint density at radius 1 is 1.04 bits per heavy atom. The molecule has 144 valence electrons. The fourth-order valence-electron chi connectivity index (χ4n) is 2.40. The largest absolute Gasteiger partial charge is 0.493 e. The summed E-state index contributed by atoms with van der Waals surface area (Å²) in [5.74, 6) is 0.506. The van der Waals surface area contributed by atoms with Gasteiger partial charge in [-0.2, -0.15) is 0 Å². The summed E-state index contributed by atoms with van der Waals surface area (Å²) in [6.07, 6.45) is 0.143. The summed E-state index contributed by atoms with van der Waals surface area (Å²) in [5, 5.41) is 0. The molecule has 0 spiro atoms. The molecule has 2 aromatic carbocycles. The fraction of sp³-hybridized carbons (Fsp3) is 0.333. The Morgan fingerprint density at radius 3 is 2.37 bits per heavy atom. The summed E-state index contributed by atoms with van der Waals surface area (Å²) < 4.78 is 5.57. The van der Waals surface area contributed by atoms with Crippen LogP contribution in [0.5, 0.6) is 5.75 Å². The molecule has 27 heavy (non-hydrogen) atoms. The normalized spacial score (nSPS) is 10.4. The van der Waals surface area contributed by atoms with Gasteiger partial charge in [-0.3, -0.25) is 20.4 Å². The number of hydrazine groups is 1. The van der Waals surface area contributed by atoms with Gasteiger partial charge < -0.3 is 9.64 Å². The van der Waals surface area contributed by atoms with Crippen LogP contribution in [0.3, 0.4) is 0 Å². The summed E-state index contributed by atoms with van der Waals surface area (Å²) in [6.45, 7) is 4.50. The number of hydrogen-bond donors (Lipinski definition) is 2. The Kier molecular flexibility index (Phi) is 7.23. The van der Waals surface area contributed by atoms with Crippen LogP contribution >= 0.6 is 0 Å². The second-order valence-corrected chi connectivity index (χ2v) is 6.77. The van der Waals surface area contributed by atoms with Crippen molar-refractivity contribution in [3.8, 4) is 5.75 Å². The Hall–Kier alpha value is -3.02. The van der Waals surface area contributed by atoms with Crippen molar-refractivity contribution in [2.45, 2.75) is 26.2 Å². The highest BCUT2D eigenvalue weighted by atomic mass is 16.5. The van der Waals surface area contributed by atoms with Gasteiger partial charge in [0.1, 0.15) is 5.75 Å². The van der Waals surface area contributed by atoms with Crippen LogP contribution in [-0.2, 0) is 4.79 Å². The molecule has 2 amide bonds. The molecule has 0 atom stereocenters. The van der Waals surface area contributed by atoms with E-state index in [0.29, 0.717) is 11.5 Å². The highest BCUT2D eigenvalue weighted by molar-refractivity contribution is 5.96. The van der Waals surface area contributed by atoms with Crippen molar-refractivity contribution in [3.63, 3.8) is 0 Å². The first-order chi connectivity index (χ1) is 12.9. The Morgan fingerprint density at radius 2 is 1.74 bits per heavy atom. The average Bonchev–Trinajstić information content (AvgIpc) is 2.66. The van der Waals surface area contributed by atoms with Crippen molar-refractivity contribution in [2.75, 3.05) is 25.6 Å². The Balaban J connectivity index is 1.74. The second-order valence-electron chi connectivity index (χ2n) is 6.77. The van der Waals surface area contributed by atoms with E-state index in [-0.39, 0.29) is 24.8 Å². The lowest BCUT2D eigenvalue weighted by Crippen LogP contribution is -2.42. The maximum absolute atomic E-state index is 12.1. The highest BCUT2D eigenvalue weighted by Gasteiger charge is 2.09. The molecule has 0 fully saturated rings. The first-order valence-corrected chi connectivity index (χ1v) is 8.96. The number of benzene rings is 2. The second kappa shape index (κ2) is 9.62. The maximum Gasteiger partial charge on any atom is 0.269 e. The number of nitrogens with zero attached hydrogens (tertiary/aromatic N) is 1. The molecule has 0 heterocycles. The van der Waals surface area contributed by atoms with Crippen molar-refractivity contribution in [3.05, 3.63) is 59.7 Å². The minimum Gasteiger partial charge on any atom is -0.493 e. The summed E-state index contributed by atoms with van der Waals surface area (Å²) >= 11 is 0. The van der Waals surface area contributed by atoms with E-state index < -0.39 is 0 Å². The minimum atomic E-state index is -0.364. The zero-order valence-corrected chi connectivity index (χ0v) is 16.3. The monoisotopic (exact) mass is 369 g/mol. The number of anilines is 1. The lowest BCUT2D eigenvalue weighted by molar-refractivity contribution is -0.122. The molecule has 0 aliphatic rings. The minimum absolute atomic E-state index is 0.143. The fourth-order valence-corrected chi connectivity index (χ4v) is 2.40. The van der Waals surface area contributed by atoms with Crippen molar-refractivity contribution >= 4 is 17.5 Å². The predicted octanol–water partition coefficient (Wildman–Crippen LogP) is 3.11. The van der Waals surface area contributed by atoms with Crippen molar-refractivity contribution in [1.29, 1.82) is 0 Å². The number of nitrogens with one attached hydrogen (secondary N) is 2. The van der Waals surface area contributed by atoms with Crippen LogP contribution in [0.15, 0.2) is 48.5 Å². The third-order valence-electron chi connectivity index (χ3n) is 4.08. The van der Waals surface area contributed by atoms with E-state index in [4.69, 9.17) is 4.74 Å². The van der Waals surface area contributed by atoms with Gasteiger partial charge in [0.2, 0.25) is 5.91 Å². The molecule has 0 aromatic heterocycles. The number of carbonyl (C=O) groups is 2. The summed E-state index contributed by atoms with van der Waals surface area (Å²) in [6, 6.07) is 15.0. The highest BCUT2D eigenvalue weighted by Crippen LogP contribution is 2.18. The standard InChI is InChI=1S/C21H27N3O3/c1-15(2)16-8-10-19(11-9-16)27-13-12-20(25)22-23-21(26)17-6-5-7-18(14-17)24(3)4/h5-11,14-15H,12-13H2,1-4H3,(H,22,25)(H,23,26). The van der Waals surface area contributed by atoms with E-state index >= 15 is 0 Å². The lowest BCUT2D eigenvalue weighted by Gasteiger charge is -2.14. The van der Waals surface area contributed by atoms with Gasteiger partial charge in [0.15, 0.2) is 0 Å². The van der Waals surface area contributed by atoms with E-state index in [9.17, 15) is 9.59 Å². The SMILES string of the molecule is CC(C)c1ccc(OCCC(=O)NNC(=O)c2cccc(N(C)C)c2)cc1. The van der Waals surface area contributed by atoms with Crippen LogP contribution in [0.2, 0.25) is 0 Å². The summed E-state index contributed by atoms with van der Waals surface area (Å²) in [5.41, 5.74) is 7.45. The predicted molar refractivity (Wildman–Crippen MR) is 107 cm³/mol. The van der Waals surface area contributed by atoms with Gasteiger partial charge in [-0.15, -0.1) is 0 Å². The number of carbonyl (C=O) groups excluding carboxylic acids is 2. The van der Waals surface area contributed by atoms with Crippen molar-refractivity contribution < 1.29 is 14.3 Å². The molecule has 0 bridgehead atoms. The molecule has 0 saturated carbocycles. The van der Waals surface area contributed by atoms with E-state index in [0.717, 1.165) is 11.4 Å². The third-order valence-corrected chi connectivity index (χ3v) is 4.08. The van der Waals surface area contributed by atoms with Crippen LogP contribution in [-0.4, -0.2) is 32.5 Å². The Bertz CT molecular complexity index is 770. The van der Waals surface area contributed by atoms with Gasteiger partial charge >= 0.3 is 0 Å². The van der Waals surface area contributed by atoms with Gasteiger partial charge in [0, 0.05) is 25.3 Å². The van der Waals surface area contributed by atoms with Gasteiger partial charge in [-0.1, -0.05) is 32.0 Å². The molecule has 2 rings (SSSR count). The molecule has 6 heteroatoms. The van der Waals surface area contributed by atoms with E-state index in [1.54, 1.807) is 18.2 Å². The number of ether oxygens (including phenoxy) is 1. The van der Waals surface area contributed by atoms with Crippen LogP contribution in [0.4, 0.5) is 5.69 Å². The molecule has 2 N–H and O–H groups in total. The van der Waals surface area contributed by atoms with E-state index in [1.807, 2.05) is 49.3 Å². The zero-order valence-electron chi connectivity index (χ0n) is 16.3. The molecule has 6 nitrogen and oxygen atoms in total. The topological polar surface area (TPSA) is 70.7 Å². The number of hydrogen-bond acceptors (Lipinski definition) is 4. The van der Waals surface area contributed by atoms with Gasteiger partial charge in [-0.25, -0.2) is 0 Å². The quantitative estimate of drug-likeness (QED) is 0.736. The van der Waals surface area contributed by atoms with Gasteiger partial charge in [-0.05, 0) is 41.8 Å². The van der Waals surface area contributed by atoms with Crippen LogP contribution in [0, 0.1) is 0 Å². The molecule has 0 aliphatic carbocycles. The van der Waals surface area contributed by atoms with Crippen LogP contribution in [0.1, 0.15) is 42.1 Å². The number of amides is 2. The van der Waals surface area contributed by atoms with Crippen molar-refractivity contribution in [2.24, 2.45) is 0 Å². The molecule has 0 unspecified atom stereocenters. The summed E-state index contributed by atoms with van der Waals surface area (Å²) in [4.78, 5) is 25.9. The Labute approximate surface area is 160 Å². The van der Waals surface area contributed by atoms with Gasteiger partial charge in [0.25, 0.3) is 5.91 Å². The van der Waals surface area contributed by atoms with E-state index in [1.165, 1.54) is 5.56 Å². The average molecular weight is 369 g/mol. The lowest BCUT2D eigenvalue weighted by atomic mass is 10.0.